The third-order valence-corrected chi connectivity index (χ3v) is 1.87. The van der Waals surface area contributed by atoms with E-state index in [9.17, 15) is 0 Å². The fourth-order valence-electron chi connectivity index (χ4n) is 0.633. The minimum absolute atomic E-state index is 0.326. The normalized spacial score (nSPS) is 10.3. The first kappa shape index (κ1) is 7.85. The highest BCUT2D eigenvalue weighted by Crippen LogP contribution is 2.21. The van der Waals surface area contributed by atoms with Crippen molar-refractivity contribution in [3.05, 3.63) is 15.9 Å². The number of rotatable bonds is 2. The molecule has 0 unspecified atom stereocenters. The summed E-state index contributed by atoms with van der Waals surface area (Å²) in [4.78, 5) is 0. The van der Waals surface area contributed by atoms with E-state index in [4.69, 9.17) is 23.2 Å². The fraction of sp³-hybridized carbons (Fsp3) is 0.400. The Morgan fingerprint density at radius 2 is 2.30 bits per heavy atom. The fourth-order valence-corrected chi connectivity index (χ4v) is 0.941. The Bertz CT molecular complexity index is 221. The Hall–Kier alpha value is -0.250. The van der Waals surface area contributed by atoms with Crippen molar-refractivity contribution in [2.45, 2.75) is 6.54 Å². The first-order valence-electron chi connectivity index (χ1n) is 2.78. The van der Waals surface area contributed by atoms with Crippen molar-refractivity contribution in [3.63, 3.8) is 0 Å². The number of nitrogens with zero attached hydrogens (tertiary/aromatic N) is 1. The van der Waals surface area contributed by atoms with Gasteiger partial charge in [-0.2, -0.15) is 5.10 Å². The standard InChI is InChI=1S/C5H7Cl2N3/c1-8-2-3-4(6)5(7)10-9-3/h8H,2H2,1H3,(H,9,10). The lowest BCUT2D eigenvalue weighted by molar-refractivity contribution is 0.784. The summed E-state index contributed by atoms with van der Waals surface area (Å²) >= 11 is 11.3. The molecule has 0 saturated carbocycles. The van der Waals surface area contributed by atoms with Crippen LogP contribution in [0.15, 0.2) is 0 Å². The molecule has 56 valence electrons. The molecule has 3 nitrogen and oxygen atoms in total. The molecule has 0 spiro atoms. The molecule has 1 heterocycles. The Balaban J connectivity index is 2.83. The van der Waals surface area contributed by atoms with Gasteiger partial charge in [-0.05, 0) is 7.05 Å². The molecule has 0 radical (unpaired) electrons. The van der Waals surface area contributed by atoms with Gasteiger partial charge in [0.1, 0.15) is 5.02 Å². The number of hydrogen-bond donors (Lipinski definition) is 2. The monoisotopic (exact) mass is 179 g/mol. The Morgan fingerprint density at radius 3 is 2.70 bits per heavy atom. The van der Waals surface area contributed by atoms with Crippen LogP contribution in [0.1, 0.15) is 5.69 Å². The zero-order valence-electron chi connectivity index (χ0n) is 5.41. The van der Waals surface area contributed by atoms with Crippen LogP contribution in [0.25, 0.3) is 0 Å². The van der Waals surface area contributed by atoms with Gasteiger partial charge in [-0.1, -0.05) is 23.2 Å². The molecule has 2 N–H and O–H groups in total. The number of aromatic amines is 1. The molecule has 0 aliphatic carbocycles. The SMILES string of the molecule is CNCc1[nH]nc(Cl)c1Cl. The number of H-pyrrole nitrogens is 1. The van der Waals surface area contributed by atoms with E-state index < -0.39 is 0 Å². The van der Waals surface area contributed by atoms with Crippen LogP contribution in [0, 0.1) is 0 Å². The van der Waals surface area contributed by atoms with Crippen molar-refractivity contribution in [2.24, 2.45) is 0 Å². The highest BCUT2D eigenvalue weighted by atomic mass is 35.5. The Kier molecular flexibility index (Phi) is 2.54. The van der Waals surface area contributed by atoms with E-state index in [2.05, 4.69) is 15.5 Å². The molecule has 0 amide bonds. The van der Waals surface area contributed by atoms with E-state index in [0.717, 1.165) is 5.69 Å². The molecule has 0 fully saturated rings. The lowest BCUT2D eigenvalue weighted by atomic mass is 10.4. The molecular formula is C5H7Cl2N3. The van der Waals surface area contributed by atoms with Gasteiger partial charge >= 0.3 is 0 Å². The van der Waals surface area contributed by atoms with Crippen LogP contribution in [-0.2, 0) is 6.54 Å². The van der Waals surface area contributed by atoms with Gasteiger partial charge in [0.05, 0.1) is 5.69 Å². The average molecular weight is 180 g/mol. The Morgan fingerprint density at radius 1 is 1.60 bits per heavy atom. The minimum atomic E-state index is 0.326. The lowest BCUT2D eigenvalue weighted by Gasteiger charge is -1.93. The summed E-state index contributed by atoms with van der Waals surface area (Å²) in [5.41, 5.74) is 0.814. The summed E-state index contributed by atoms with van der Waals surface area (Å²) in [5, 5.41) is 10.1. The lowest BCUT2D eigenvalue weighted by Crippen LogP contribution is -2.05. The van der Waals surface area contributed by atoms with Crippen LogP contribution >= 0.6 is 23.2 Å². The molecular weight excluding hydrogens is 173 g/mol. The second kappa shape index (κ2) is 3.23. The molecule has 5 heteroatoms. The largest absolute Gasteiger partial charge is 0.314 e. The van der Waals surface area contributed by atoms with Crippen molar-refractivity contribution in [2.75, 3.05) is 7.05 Å². The van der Waals surface area contributed by atoms with E-state index in [-0.39, 0.29) is 0 Å². The van der Waals surface area contributed by atoms with E-state index in [1.807, 2.05) is 7.05 Å². The average Bonchev–Trinajstić information content (AvgIpc) is 2.20. The smallest absolute Gasteiger partial charge is 0.169 e. The van der Waals surface area contributed by atoms with Crippen LogP contribution in [0.4, 0.5) is 0 Å². The quantitative estimate of drug-likeness (QED) is 0.722. The summed E-state index contributed by atoms with van der Waals surface area (Å²) in [5.74, 6) is 0. The first-order chi connectivity index (χ1) is 4.75. The van der Waals surface area contributed by atoms with Crippen LogP contribution < -0.4 is 5.32 Å². The van der Waals surface area contributed by atoms with E-state index in [1.54, 1.807) is 0 Å². The minimum Gasteiger partial charge on any atom is -0.314 e. The molecule has 0 saturated heterocycles. The molecule has 0 aromatic carbocycles. The number of nitrogens with one attached hydrogen (secondary N) is 2. The highest BCUT2D eigenvalue weighted by molar-refractivity contribution is 6.41. The van der Waals surface area contributed by atoms with Gasteiger partial charge in [0.25, 0.3) is 0 Å². The van der Waals surface area contributed by atoms with Crippen LogP contribution in [0.3, 0.4) is 0 Å². The third-order valence-electron chi connectivity index (χ3n) is 1.09. The molecule has 1 aromatic heterocycles. The van der Waals surface area contributed by atoms with Gasteiger partial charge in [0.15, 0.2) is 5.15 Å². The molecule has 0 aliphatic heterocycles. The first-order valence-corrected chi connectivity index (χ1v) is 3.54. The molecule has 1 aromatic rings. The van der Waals surface area contributed by atoms with Gasteiger partial charge in [-0.25, -0.2) is 0 Å². The summed E-state index contributed by atoms with van der Waals surface area (Å²) in [6.45, 7) is 0.651. The van der Waals surface area contributed by atoms with Gasteiger partial charge < -0.3 is 5.32 Å². The molecule has 0 bridgehead atoms. The van der Waals surface area contributed by atoms with Crippen molar-refractivity contribution < 1.29 is 0 Å². The Labute approximate surface area is 68.7 Å². The highest BCUT2D eigenvalue weighted by Gasteiger charge is 2.06. The third kappa shape index (κ3) is 1.42. The second-order valence-corrected chi connectivity index (χ2v) is 2.57. The summed E-state index contributed by atoms with van der Waals surface area (Å²) < 4.78 is 0. The number of halogens is 2. The van der Waals surface area contributed by atoms with Gasteiger partial charge in [0, 0.05) is 6.54 Å². The van der Waals surface area contributed by atoms with Crippen LogP contribution in [0.5, 0.6) is 0 Å². The van der Waals surface area contributed by atoms with Crippen molar-refractivity contribution >= 4 is 23.2 Å². The van der Waals surface area contributed by atoms with Gasteiger partial charge in [0.2, 0.25) is 0 Å². The number of hydrogen-bond acceptors (Lipinski definition) is 2. The topological polar surface area (TPSA) is 40.7 Å². The predicted molar refractivity (Wildman–Crippen MR) is 41.4 cm³/mol. The van der Waals surface area contributed by atoms with E-state index >= 15 is 0 Å². The maximum atomic E-state index is 5.72. The van der Waals surface area contributed by atoms with Crippen LogP contribution in [0.2, 0.25) is 10.2 Å². The molecule has 0 aliphatic rings. The molecule has 0 atom stereocenters. The van der Waals surface area contributed by atoms with Crippen LogP contribution in [-0.4, -0.2) is 17.2 Å². The van der Waals surface area contributed by atoms with Crippen molar-refractivity contribution in [1.29, 1.82) is 0 Å². The van der Waals surface area contributed by atoms with Crippen molar-refractivity contribution in [1.82, 2.24) is 15.5 Å². The van der Waals surface area contributed by atoms with Gasteiger partial charge in [-0.15, -0.1) is 0 Å². The predicted octanol–water partition coefficient (Wildman–Crippen LogP) is 1.44. The molecule has 1 rings (SSSR count). The number of aromatic nitrogens is 2. The maximum Gasteiger partial charge on any atom is 0.169 e. The van der Waals surface area contributed by atoms with Gasteiger partial charge in [-0.3, -0.25) is 5.10 Å². The van der Waals surface area contributed by atoms with E-state index in [0.29, 0.717) is 16.7 Å². The molecule has 10 heavy (non-hydrogen) atoms. The van der Waals surface area contributed by atoms with Crippen molar-refractivity contribution in [3.8, 4) is 0 Å². The second-order valence-electron chi connectivity index (χ2n) is 1.84. The summed E-state index contributed by atoms with van der Waals surface area (Å²) in [7, 11) is 1.82. The van der Waals surface area contributed by atoms with E-state index in [1.165, 1.54) is 0 Å². The zero-order valence-corrected chi connectivity index (χ0v) is 6.92. The maximum absolute atomic E-state index is 5.72. The summed E-state index contributed by atoms with van der Waals surface area (Å²) in [6, 6.07) is 0. The summed E-state index contributed by atoms with van der Waals surface area (Å²) in [6.07, 6.45) is 0. The zero-order chi connectivity index (χ0) is 7.56.